The molecule has 0 radical (unpaired) electrons. The monoisotopic (exact) mass is 634 g/mol. The molecule has 0 spiro atoms. The van der Waals surface area contributed by atoms with Crippen molar-refractivity contribution in [3.63, 3.8) is 0 Å². The predicted octanol–water partition coefficient (Wildman–Crippen LogP) is 4.12. The quantitative estimate of drug-likeness (QED) is 0.252. The minimum Gasteiger partial charge on any atom is -0.664 e. The van der Waals surface area contributed by atoms with Crippen LogP contribution in [-0.4, -0.2) is 46.3 Å². The zero-order valence-electron chi connectivity index (χ0n) is 25.8. The number of aromatic nitrogens is 2. The first kappa shape index (κ1) is 32.9. The maximum Gasteiger partial charge on any atom is 2.00 e. The van der Waals surface area contributed by atoms with E-state index in [9.17, 15) is 19.8 Å². The number of rotatable bonds is 8. The van der Waals surface area contributed by atoms with E-state index in [0.29, 0.717) is 32.1 Å². The number of hydrogen-bond donors (Lipinski definition) is 4. The summed E-state index contributed by atoms with van der Waals surface area (Å²) in [7, 11) is 0. The zero-order valence-corrected chi connectivity index (χ0v) is 28.8. The van der Waals surface area contributed by atoms with Crippen LogP contribution in [-0.2, 0) is 61.2 Å². The summed E-state index contributed by atoms with van der Waals surface area (Å²) in [6.45, 7) is 16.7. The molecule has 2 aromatic heterocycles. The molecule has 0 aliphatic carbocycles. The Balaban J connectivity index is 0.00000423. The van der Waals surface area contributed by atoms with E-state index >= 15 is 0 Å². The molecule has 5 heterocycles. The smallest absolute Gasteiger partial charge is 0.664 e. The maximum atomic E-state index is 11.6. The molecule has 8 bridgehead atoms. The van der Waals surface area contributed by atoms with Crippen LogP contribution in [0.3, 0.4) is 0 Å². The Kier molecular flexibility index (Phi) is 10.2. The second-order valence-corrected chi connectivity index (χ2v) is 12.1. The first-order chi connectivity index (χ1) is 20.0. The number of nitrogens with one attached hydrogen (secondary N) is 2. The van der Waals surface area contributed by atoms with E-state index in [-0.39, 0.29) is 56.5 Å². The minimum absolute atomic E-state index is 0. The summed E-state index contributed by atoms with van der Waals surface area (Å²) in [5.41, 5.74) is 13.0. The number of hydrogen-bond acceptors (Lipinski definition) is 4. The Morgan fingerprint density at radius 3 is 1.93 bits per heavy atom. The standard InChI is InChI=1S/C34H42N4O4.Zn/c1-7-21-17(3)25-13-26-19(5)23(9-11-33(39)40)31(37-26)16-32-24(10-12-34(41)42)20(6)28(38-32)15-30-22(8-2)18(4)27(36-30)14-29(21)35-25;/h7-8,25,28-29,32,35,38H,1-2,9-16H2,3-6H3,(H,39,40)(H,41,42);/q-2;+2. The normalized spacial score (nSPS) is 23.3. The van der Waals surface area contributed by atoms with Gasteiger partial charge in [0.2, 0.25) is 0 Å². The molecule has 4 atom stereocenters. The van der Waals surface area contributed by atoms with Gasteiger partial charge in [-0.2, -0.15) is 22.8 Å². The number of carboxylic acids is 2. The molecular weight excluding hydrogens is 594 g/mol. The molecule has 0 fully saturated rings. The molecular formula is C34H42N4O4Zn. The summed E-state index contributed by atoms with van der Waals surface area (Å²) < 4.78 is 0. The van der Waals surface area contributed by atoms with Crippen molar-refractivity contribution in [1.82, 2.24) is 20.6 Å². The van der Waals surface area contributed by atoms with E-state index in [1.807, 2.05) is 12.2 Å². The van der Waals surface area contributed by atoms with Gasteiger partial charge in [-0.25, -0.2) is 0 Å². The second kappa shape index (κ2) is 13.3. The molecule has 0 saturated carbocycles. The third-order valence-electron chi connectivity index (χ3n) is 9.74. The largest absolute Gasteiger partial charge is 2.00 e. The number of nitrogens with zero attached hydrogens (tertiary/aromatic N) is 2. The van der Waals surface area contributed by atoms with Gasteiger partial charge in [0.25, 0.3) is 0 Å². The average molecular weight is 636 g/mol. The number of carboxylic acid groups (broad SMARTS) is 2. The van der Waals surface area contributed by atoms with Crippen molar-refractivity contribution in [1.29, 1.82) is 0 Å². The summed E-state index contributed by atoms with van der Waals surface area (Å²) in [6.07, 6.45) is 7.53. The minimum atomic E-state index is -0.831. The van der Waals surface area contributed by atoms with Crippen molar-refractivity contribution in [3.8, 4) is 0 Å². The SMILES string of the molecule is C=CC1=C(C)C2Cc3[n-]c(c(CCC(=O)O)c3C)CC3NC(Cc4[n-]c(c(C)c4C=C)CC1N2)C(C)=C3CCC(=O)O.[Zn+2]. The Labute approximate surface area is 267 Å². The fourth-order valence-electron chi connectivity index (χ4n) is 7.31. The summed E-state index contributed by atoms with van der Waals surface area (Å²) in [6, 6.07) is 0.0867. The van der Waals surface area contributed by atoms with E-state index in [4.69, 9.17) is 9.97 Å². The second-order valence-electron chi connectivity index (χ2n) is 12.1. The molecule has 8 nitrogen and oxygen atoms in total. The van der Waals surface area contributed by atoms with Gasteiger partial charge in [-0.15, -0.1) is 0 Å². The van der Waals surface area contributed by atoms with Crippen molar-refractivity contribution in [3.05, 3.63) is 86.6 Å². The fraction of sp³-hybridized carbons (Fsp3) is 0.471. The van der Waals surface area contributed by atoms with Gasteiger partial charge < -0.3 is 30.8 Å². The van der Waals surface area contributed by atoms with Crippen molar-refractivity contribution in [2.24, 2.45) is 0 Å². The molecule has 3 aliphatic heterocycles. The molecule has 5 rings (SSSR count). The number of aliphatic carboxylic acids is 2. The molecule has 3 aliphatic rings. The first-order valence-electron chi connectivity index (χ1n) is 14.9. The van der Waals surface area contributed by atoms with E-state index in [1.54, 1.807) is 0 Å². The Morgan fingerprint density at radius 1 is 0.744 bits per heavy atom. The van der Waals surface area contributed by atoms with E-state index in [2.05, 4.69) is 51.5 Å². The van der Waals surface area contributed by atoms with Gasteiger partial charge in [-0.3, -0.25) is 9.59 Å². The van der Waals surface area contributed by atoms with Crippen LogP contribution in [0.15, 0.2) is 41.5 Å². The summed E-state index contributed by atoms with van der Waals surface area (Å²) in [4.78, 5) is 33.5. The molecule has 4 N–H and O–H groups in total. The third-order valence-corrected chi connectivity index (χ3v) is 9.74. The van der Waals surface area contributed by atoms with Crippen LogP contribution in [0.5, 0.6) is 0 Å². The van der Waals surface area contributed by atoms with Crippen LogP contribution in [0.4, 0.5) is 0 Å². The van der Waals surface area contributed by atoms with Crippen LogP contribution in [0, 0.1) is 13.8 Å². The molecule has 2 aromatic rings. The summed E-state index contributed by atoms with van der Waals surface area (Å²) >= 11 is 0. The van der Waals surface area contributed by atoms with Gasteiger partial charge in [0.05, 0.1) is 0 Å². The fourth-order valence-corrected chi connectivity index (χ4v) is 7.31. The van der Waals surface area contributed by atoms with E-state index in [1.165, 1.54) is 11.1 Å². The van der Waals surface area contributed by atoms with Gasteiger partial charge in [0.15, 0.2) is 0 Å². The van der Waals surface area contributed by atoms with Gasteiger partial charge in [-0.05, 0) is 77.4 Å². The van der Waals surface area contributed by atoms with Gasteiger partial charge in [-0.1, -0.05) is 58.7 Å². The van der Waals surface area contributed by atoms with E-state index in [0.717, 1.165) is 62.6 Å². The molecule has 43 heavy (non-hydrogen) atoms. The van der Waals surface area contributed by atoms with Crippen LogP contribution < -0.4 is 20.6 Å². The molecule has 0 amide bonds. The number of carbonyl (C=O) groups is 2. The topological polar surface area (TPSA) is 127 Å². The van der Waals surface area contributed by atoms with Gasteiger partial charge in [0, 0.05) is 37.0 Å². The average Bonchev–Trinajstić information content (AvgIpc) is 3.59. The molecule has 0 aromatic carbocycles. The van der Waals surface area contributed by atoms with Crippen LogP contribution in [0.25, 0.3) is 6.08 Å². The maximum absolute atomic E-state index is 11.6. The first-order valence-corrected chi connectivity index (χ1v) is 14.9. The van der Waals surface area contributed by atoms with Crippen molar-refractivity contribution in [2.75, 3.05) is 0 Å². The molecule has 9 heteroatoms. The van der Waals surface area contributed by atoms with Crippen LogP contribution in [0.2, 0.25) is 0 Å². The number of fused-ring (bicyclic) bond motifs is 8. The van der Waals surface area contributed by atoms with Crippen LogP contribution >= 0.6 is 0 Å². The van der Waals surface area contributed by atoms with Crippen LogP contribution in [0.1, 0.15) is 78.1 Å². The summed E-state index contributed by atoms with van der Waals surface area (Å²) in [5, 5.41) is 26.6. The van der Waals surface area contributed by atoms with Crippen molar-refractivity contribution < 1.29 is 39.3 Å². The summed E-state index contributed by atoms with van der Waals surface area (Å²) in [5.74, 6) is -1.65. The Hall–Kier alpha value is -3.00. The van der Waals surface area contributed by atoms with Crippen molar-refractivity contribution >= 4 is 18.0 Å². The molecule has 4 unspecified atom stereocenters. The molecule has 0 saturated heterocycles. The van der Waals surface area contributed by atoms with Gasteiger partial charge >= 0.3 is 31.4 Å². The van der Waals surface area contributed by atoms with E-state index < -0.39 is 11.9 Å². The van der Waals surface area contributed by atoms with Gasteiger partial charge in [0.1, 0.15) is 0 Å². The predicted molar refractivity (Wildman–Crippen MR) is 164 cm³/mol. The zero-order chi connectivity index (χ0) is 30.3. The molecule has 224 valence electrons. The third kappa shape index (κ3) is 6.45. The Morgan fingerprint density at radius 2 is 1.28 bits per heavy atom. The van der Waals surface area contributed by atoms with Crippen molar-refractivity contribution in [2.45, 2.75) is 103 Å². The Bertz CT molecular complexity index is 1510.